The van der Waals surface area contributed by atoms with Crippen molar-refractivity contribution in [2.45, 2.75) is 26.1 Å². The summed E-state index contributed by atoms with van der Waals surface area (Å²) in [6.45, 7) is 4.91. The molecule has 1 fully saturated rings. The zero-order chi connectivity index (χ0) is 19.0. The molecule has 27 heavy (non-hydrogen) atoms. The Labute approximate surface area is 157 Å². The molecule has 1 saturated heterocycles. The van der Waals surface area contributed by atoms with Crippen LogP contribution in [0.15, 0.2) is 59.4 Å². The number of aromatic nitrogens is 2. The number of fused-ring (bicyclic) bond motifs is 1. The minimum absolute atomic E-state index is 0.0380. The van der Waals surface area contributed by atoms with Gasteiger partial charge >= 0.3 is 0 Å². The van der Waals surface area contributed by atoms with Gasteiger partial charge in [-0.25, -0.2) is 0 Å². The Kier molecular flexibility index (Phi) is 4.49. The first-order chi connectivity index (χ1) is 13.0. The van der Waals surface area contributed by atoms with Crippen molar-refractivity contribution in [3.05, 3.63) is 70.6 Å². The number of amides is 1. The second kappa shape index (κ2) is 6.96. The molecule has 0 radical (unpaired) electrons. The molecule has 1 amide bonds. The maximum absolute atomic E-state index is 13.3. The lowest BCUT2D eigenvalue weighted by Gasteiger charge is -2.35. The van der Waals surface area contributed by atoms with Gasteiger partial charge in [-0.2, -0.15) is 9.78 Å². The van der Waals surface area contributed by atoms with Crippen molar-refractivity contribution in [2.24, 2.45) is 0 Å². The Morgan fingerprint density at radius 2 is 1.56 bits per heavy atom. The largest absolute Gasteiger partial charge is 0.372 e. The van der Waals surface area contributed by atoms with E-state index < -0.39 is 0 Å². The van der Waals surface area contributed by atoms with Crippen LogP contribution in [0, 0.1) is 0 Å². The number of carbonyl (C=O) groups is 1. The van der Waals surface area contributed by atoms with E-state index in [-0.39, 0.29) is 29.4 Å². The summed E-state index contributed by atoms with van der Waals surface area (Å²) >= 11 is 0. The lowest BCUT2D eigenvalue weighted by Crippen LogP contribution is -2.48. The van der Waals surface area contributed by atoms with Crippen molar-refractivity contribution in [1.82, 2.24) is 14.7 Å². The molecule has 6 heteroatoms. The highest BCUT2D eigenvalue weighted by Crippen LogP contribution is 2.19. The van der Waals surface area contributed by atoms with Gasteiger partial charge in [-0.3, -0.25) is 9.59 Å². The molecule has 138 valence electrons. The predicted octanol–water partition coefficient (Wildman–Crippen LogP) is 2.64. The number of benzene rings is 2. The van der Waals surface area contributed by atoms with E-state index in [1.54, 1.807) is 35.2 Å². The maximum atomic E-state index is 13.3. The molecule has 6 nitrogen and oxygen atoms in total. The first-order valence-corrected chi connectivity index (χ1v) is 9.07. The van der Waals surface area contributed by atoms with Crippen molar-refractivity contribution in [3.8, 4) is 5.69 Å². The Morgan fingerprint density at radius 1 is 0.963 bits per heavy atom. The summed E-state index contributed by atoms with van der Waals surface area (Å²) in [7, 11) is 0. The lowest BCUT2D eigenvalue weighted by molar-refractivity contribution is -0.0587. The molecule has 4 rings (SSSR count). The first kappa shape index (κ1) is 17.4. The summed E-state index contributed by atoms with van der Waals surface area (Å²) in [5, 5.41) is 5.52. The monoisotopic (exact) mass is 363 g/mol. The van der Waals surface area contributed by atoms with Crippen LogP contribution < -0.4 is 5.56 Å². The quantitative estimate of drug-likeness (QED) is 0.702. The van der Waals surface area contributed by atoms with Gasteiger partial charge in [0.15, 0.2) is 5.69 Å². The van der Waals surface area contributed by atoms with Gasteiger partial charge in [-0.05, 0) is 32.0 Å². The average Bonchev–Trinajstić information content (AvgIpc) is 2.68. The SMILES string of the molecule is C[C@@H]1CN(C(=O)c2nn(-c3ccccc3)c(=O)c3ccccc23)C[C@H](C)O1. The normalized spacial score (nSPS) is 20.0. The van der Waals surface area contributed by atoms with E-state index in [0.29, 0.717) is 29.5 Å². The molecule has 1 aliphatic rings. The molecule has 0 spiro atoms. The van der Waals surface area contributed by atoms with Crippen LogP contribution in [0.25, 0.3) is 16.5 Å². The van der Waals surface area contributed by atoms with Crippen LogP contribution in [0.1, 0.15) is 24.3 Å². The average molecular weight is 363 g/mol. The maximum Gasteiger partial charge on any atom is 0.279 e. The highest BCUT2D eigenvalue weighted by Gasteiger charge is 2.29. The van der Waals surface area contributed by atoms with Crippen molar-refractivity contribution in [2.75, 3.05) is 13.1 Å². The molecule has 0 bridgehead atoms. The Balaban J connectivity index is 1.88. The molecule has 1 aromatic heterocycles. The number of hydrogen-bond acceptors (Lipinski definition) is 4. The van der Waals surface area contributed by atoms with Gasteiger partial charge in [0.25, 0.3) is 11.5 Å². The molecule has 3 aromatic rings. The second-order valence-electron chi connectivity index (χ2n) is 6.91. The van der Waals surface area contributed by atoms with Crippen LogP contribution >= 0.6 is 0 Å². The molecule has 0 N–H and O–H groups in total. The molecule has 0 unspecified atom stereocenters. The van der Waals surface area contributed by atoms with E-state index in [2.05, 4.69) is 5.10 Å². The van der Waals surface area contributed by atoms with Crippen LogP contribution in [0.5, 0.6) is 0 Å². The molecule has 1 aliphatic heterocycles. The van der Waals surface area contributed by atoms with Crippen LogP contribution in [0.2, 0.25) is 0 Å². The van der Waals surface area contributed by atoms with E-state index >= 15 is 0 Å². The zero-order valence-corrected chi connectivity index (χ0v) is 15.3. The van der Waals surface area contributed by atoms with E-state index in [9.17, 15) is 9.59 Å². The fourth-order valence-corrected chi connectivity index (χ4v) is 3.59. The van der Waals surface area contributed by atoms with E-state index in [1.165, 1.54) is 4.68 Å². The van der Waals surface area contributed by atoms with Gasteiger partial charge in [0, 0.05) is 18.5 Å². The zero-order valence-electron chi connectivity index (χ0n) is 15.3. The second-order valence-corrected chi connectivity index (χ2v) is 6.91. The summed E-state index contributed by atoms with van der Waals surface area (Å²) in [4.78, 5) is 28.0. The lowest BCUT2D eigenvalue weighted by atomic mass is 10.1. The molecule has 0 saturated carbocycles. The number of rotatable bonds is 2. The van der Waals surface area contributed by atoms with Crippen LogP contribution in [-0.4, -0.2) is 45.9 Å². The van der Waals surface area contributed by atoms with Crippen LogP contribution in [0.3, 0.4) is 0 Å². The van der Waals surface area contributed by atoms with Gasteiger partial charge in [0.2, 0.25) is 0 Å². The van der Waals surface area contributed by atoms with Gasteiger partial charge in [-0.15, -0.1) is 0 Å². The van der Waals surface area contributed by atoms with Gasteiger partial charge in [-0.1, -0.05) is 36.4 Å². The van der Waals surface area contributed by atoms with E-state index in [1.807, 2.05) is 38.1 Å². The minimum atomic E-state index is -0.239. The van der Waals surface area contributed by atoms with Crippen LogP contribution in [0.4, 0.5) is 0 Å². The van der Waals surface area contributed by atoms with Crippen molar-refractivity contribution in [1.29, 1.82) is 0 Å². The highest BCUT2D eigenvalue weighted by atomic mass is 16.5. The summed E-state index contributed by atoms with van der Waals surface area (Å²) in [5.41, 5.74) is 0.679. The summed E-state index contributed by atoms with van der Waals surface area (Å²) in [6.07, 6.45) is -0.0759. The van der Waals surface area contributed by atoms with E-state index in [0.717, 1.165) is 0 Å². The minimum Gasteiger partial charge on any atom is -0.372 e. The Morgan fingerprint density at radius 3 is 2.22 bits per heavy atom. The highest BCUT2D eigenvalue weighted by molar-refractivity contribution is 6.04. The third-order valence-electron chi connectivity index (χ3n) is 4.72. The van der Waals surface area contributed by atoms with Gasteiger partial charge in [0.05, 0.1) is 23.3 Å². The summed E-state index contributed by atoms with van der Waals surface area (Å²) in [5.74, 6) is -0.183. The van der Waals surface area contributed by atoms with Crippen molar-refractivity contribution < 1.29 is 9.53 Å². The fourth-order valence-electron chi connectivity index (χ4n) is 3.59. The number of hydrogen-bond donors (Lipinski definition) is 0. The van der Waals surface area contributed by atoms with Crippen molar-refractivity contribution >= 4 is 16.7 Å². The van der Waals surface area contributed by atoms with Crippen molar-refractivity contribution in [3.63, 3.8) is 0 Å². The summed E-state index contributed by atoms with van der Waals surface area (Å²) < 4.78 is 7.04. The number of para-hydroxylation sites is 1. The molecule has 2 heterocycles. The standard InChI is InChI=1S/C21H21N3O3/c1-14-12-23(13-15(2)27-14)21(26)19-17-10-6-7-11-18(17)20(25)24(22-19)16-8-4-3-5-9-16/h3-11,14-15H,12-13H2,1-2H3/t14-,15+. The van der Waals surface area contributed by atoms with Gasteiger partial charge < -0.3 is 9.64 Å². The number of morpholine rings is 1. The molecular weight excluding hydrogens is 342 g/mol. The third kappa shape index (κ3) is 3.24. The Bertz CT molecular complexity index is 1040. The van der Waals surface area contributed by atoms with Gasteiger partial charge in [0.1, 0.15) is 0 Å². The topological polar surface area (TPSA) is 64.4 Å². The smallest absolute Gasteiger partial charge is 0.279 e. The Hall–Kier alpha value is -2.99. The number of nitrogens with zero attached hydrogens (tertiary/aromatic N) is 3. The number of ether oxygens (including phenoxy) is 1. The molecule has 2 aromatic carbocycles. The first-order valence-electron chi connectivity index (χ1n) is 9.07. The molecule has 0 aliphatic carbocycles. The summed E-state index contributed by atoms with van der Waals surface area (Å²) in [6, 6.07) is 16.3. The fraction of sp³-hybridized carbons (Fsp3) is 0.286. The third-order valence-corrected chi connectivity index (χ3v) is 4.72. The molecule has 2 atom stereocenters. The number of carbonyl (C=O) groups excluding carboxylic acids is 1. The van der Waals surface area contributed by atoms with Crippen LogP contribution in [-0.2, 0) is 4.74 Å². The van der Waals surface area contributed by atoms with E-state index in [4.69, 9.17) is 4.74 Å². The molecular formula is C21H21N3O3. The predicted molar refractivity (Wildman–Crippen MR) is 103 cm³/mol.